The Morgan fingerprint density at radius 1 is 1.40 bits per heavy atom. The number of aliphatic hydroxyl groups excluding tert-OH is 1. The maximum absolute atomic E-state index is 9.10. The molecule has 2 atom stereocenters. The van der Waals surface area contributed by atoms with Crippen LogP contribution >= 0.6 is 0 Å². The van der Waals surface area contributed by atoms with E-state index in [-0.39, 0.29) is 12.0 Å². The van der Waals surface area contributed by atoms with Gasteiger partial charge in [0.2, 0.25) is 0 Å². The second-order valence-electron chi connectivity index (χ2n) is 4.71. The van der Waals surface area contributed by atoms with E-state index < -0.39 is 0 Å². The lowest BCUT2D eigenvalue weighted by Gasteiger charge is -2.07. The average molecular weight is 206 g/mol. The highest BCUT2D eigenvalue weighted by molar-refractivity contribution is 5.13. The van der Waals surface area contributed by atoms with Crippen LogP contribution in [0.2, 0.25) is 0 Å². The van der Waals surface area contributed by atoms with Gasteiger partial charge in [-0.2, -0.15) is 0 Å². The molecule has 2 heteroatoms. The van der Waals surface area contributed by atoms with E-state index in [1.165, 1.54) is 5.56 Å². The maximum Gasteiger partial charge on any atom is 0.0717 e. The van der Waals surface area contributed by atoms with Crippen molar-refractivity contribution in [3.63, 3.8) is 0 Å². The fraction of sp³-hybridized carbons (Fsp3) is 0.538. The third-order valence-corrected chi connectivity index (χ3v) is 3.33. The summed E-state index contributed by atoms with van der Waals surface area (Å²) in [5, 5.41) is 9.10. The molecule has 82 valence electrons. The molecule has 0 amide bonds. The quantitative estimate of drug-likeness (QED) is 0.800. The fourth-order valence-corrected chi connectivity index (χ4v) is 1.85. The molecule has 0 aromatic heterocycles. The van der Waals surface area contributed by atoms with Crippen LogP contribution in [0.4, 0.5) is 0 Å². The van der Waals surface area contributed by atoms with Crippen LogP contribution in [0, 0.1) is 11.3 Å². The van der Waals surface area contributed by atoms with Gasteiger partial charge in [-0.3, -0.25) is 0 Å². The molecule has 15 heavy (non-hydrogen) atoms. The van der Waals surface area contributed by atoms with Gasteiger partial charge in [-0.05, 0) is 23.3 Å². The van der Waals surface area contributed by atoms with Gasteiger partial charge in [0.15, 0.2) is 0 Å². The van der Waals surface area contributed by atoms with Crippen LogP contribution in [0.15, 0.2) is 30.3 Å². The van der Waals surface area contributed by atoms with Crippen LogP contribution in [0.25, 0.3) is 0 Å². The van der Waals surface area contributed by atoms with Crippen LogP contribution in [-0.4, -0.2) is 18.3 Å². The van der Waals surface area contributed by atoms with Crippen molar-refractivity contribution in [2.75, 3.05) is 13.2 Å². The van der Waals surface area contributed by atoms with Gasteiger partial charge in [0, 0.05) is 6.61 Å². The Labute approximate surface area is 90.9 Å². The van der Waals surface area contributed by atoms with Crippen LogP contribution in [0.5, 0.6) is 0 Å². The Morgan fingerprint density at radius 2 is 2.13 bits per heavy atom. The minimum atomic E-state index is 0.136. The molecule has 0 unspecified atom stereocenters. The Morgan fingerprint density at radius 3 is 2.73 bits per heavy atom. The molecule has 0 radical (unpaired) electrons. The summed E-state index contributed by atoms with van der Waals surface area (Å²) in [7, 11) is 0. The second-order valence-corrected chi connectivity index (χ2v) is 4.71. The molecular weight excluding hydrogens is 188 g/mol. The third-order valence-electron chi connectivity index (χ3n) is 3.33. The Balaban J connectivity index is 1.69. The molecule has 1 aliphatic carbocycles. The smallest absolute Gasteiger partial charge is 0.0717 e. The number of benzene rings is 1. The molecule has 0 bridgehead atoms. The van der Waals surface area contributed by atoms with E-state index >= 15 is 0 Å². The predicted molar refractivity (Wildman–Crippen MR) is 59.4 cm³/mol. The van der Waals surface area contributed by atoms with Crippen molar-refractivity contribution in [1.29, 1.82) is 0 Å². The van der Waals surface area contributed by atoms with Crippen molar-refractivity contribution in [3.8, 4) is 0 Å². The lowest BCUT2D eigenvalue weighted by Crippen LogP contribution is -2.08. The van der Waals surface area contributed by atoms with Gasteiger partial charge >= 0.3 is 0 Å². The molecule has 1 N–H and O–H groups in total. The van der Waals surface area contributed by atoms with E-state index in [0.717, 1.165) is 13.0 Å². The Kier molecular flexibility index (Phi) is 3.08. The molecule has 1 fully saturated rings. The molecule has 1 saturated carbocycles. The van der Waals surface area contributed by atoms with Gasteiger partial charge in [0.1, 0.15) is 0 Å². The zero-order valence-corrected chi connectivity index (χ0v) is 9.15. The first-order valence-electron chi connectivity index (χ1n) is 5.47. The van der Waals surface area contributed by atoms with Crippen LogP contribution in [0.3, 0.4) is 0 Å². The van der Waals surface area contributed by atoms with Gasteiger partial charge in [0.05, 0.1) is 13.2 Å². The highest BCUT2D eigenvalue weighted by Gasteiger charge is 2.49. The number of aliphatic hydroxyl groups is 1. The molecule has 1 aromatic carbocycles. The standard InChI is InChI=1S/C13H18O2/c1-13(10-14)7-12(13)9-15-8-11-5-3-2-4-6-11/h2-6,12,14H,7-10H2,1H3/t12-,13+/m0/s1. The number of ether oxygens (including phenoxy) is 1. The summed E-state index contributed by atoms with van der Waals surface area (Å²) in [6.45, 7) is 3.85. The van der Waals surface area contributed by atoms with Gasteiger partial charge in [-0.25, -0.2) is 0 Å². The second kappa shape index (κ2) is 4.33. The van der Waals surface area contributed by atoms with E-state index in [9.17, 15) is 0 Å². The molecule has 0 saturated heterocycles. The third kappa shape index (κ3) is 2.58. The maximum atomic E-state index is 9.10. The summed E-state index contributed by atoms with van der Waals surface area (Å²) in [6.07, 6.45) is 1.10. The van der Waals surface area contributed by atoms with Crippen LogP contribution in [0.1, 0.15) is 18.9 Å². The zero-order chi connectivity index (χ0) is 10.7. The van der Waals surface area contributed by atoms with Gasteiger partial charge < -0.3 is 9.84 Å². The van der Waals surface area contributed by atoms with Crippen LogP contribution in [-0.2, 0) is 11.3 Å². The van der Waals surface area contributed by atoms with Gasteiger partial charge in [-0.15, -0.1) is 0 Å². The SMILES string of the molecule is C[C@]1(CO)C[C@H]1COCc1ccccc1. The molecule has 0 heterocycles. The molecule has 1 aliphatic rings. The first-order valence-corrected chi connectivity index (χ1v) is 5.47. The van der Waals surface area contributed by atoms with Crippen molar-refractivity contribution in [3.05, 3.63) is 35.9 Å². The van der Waals surface area contributed by atoms with Crippen molar-refractivity contribution in [1.82, 2.24) is 0 Å². The average Bonchev–Trinajstić information content (AvgIpc) is 2.92. The predicted octanol–water partition coefficient (Wildman–Crippen LogP) is 2.22. The molecule has 1 aromatic rings. The van der Waals surface area contributed by atoms with E-state index in [4.69, 9.17) is 9.84 Å². The summed E-state index contributed by atoms with van der Waals surface area (Å²) in [4.78, 5) is 0. The minimum Gasteiger partial charge on any atom is -0.396 e. The summed E-state index contributed by atoms with van der Waals surface area (Å²) >= 11 is 0. The monoisotopic (exact) mass is 206 g/mol. The largest absolute Gasteiger partial charge is 0.396 e. The van der Waals surface area contributed by atoms with Crippen molar-refractivity contribution >= 4 is 0 Å². The van der Waals surface area contributed by atoms with Crippen molar-refractivity contribution < 1.29 is 9.84 Å². The molecule has 0 spiro atoms. The molecule has 0 aliphatic heterocycles. The topological polar surface area (TPSA) is 29.5 Å². The lowest BCUT2D eigenvalue weighted by atomic mass is 10.1. The van der Waals surface area contributed by atoms with Crippen molar-refractivity contribution in [2.45, 2.75) is 20.0 Å². The summed E-state index contributed by atoms with van der Waals surface area (Å²) in [5.41, 5.74) is 1.35. The summed E-state index contributed by atoms with van der Waals surface area (Å²) < 4.78 is 5.63. The Bertz CT molecular complexity index is 310. The van der Waals surface area contributed by atoms with E-state index in [1.807, 2.05) is 18.2 Å². The fourth-order valence-electron chi connectivity index (χ4n) is 1.85. The number of hydrogen-bond acceptors (Lipinski definition) is 2. The van der Waals surface area contributed by atoms with E-state index in [0.29, 0.717) is 12.5 Å². The molecular formula is C13H18O2. The summed E-state index contributed by atoms with van der Waals surface area (Å²) in [5.74, 6) is 0.547. The number of rotatable bonds is 5. The lowest BCUT2D eigenvalue weighted by molar-refractivity contribution is 0.0936. The first kappa shape index (κ1) is 10.7. The van der Waals surface area contributed by atoms with E-state index in [1.54, 1.807) is 0 Å². The minimum absolute atomic E-state index is 0.136. The van der Waals surface area contributed by atoms with Crippen molar-refractivity contribution in [2.24, 2.45) is 11.3 Å². The first-order chi connectivity index (χ1) is 7.24. The highest BCUT2D eigenvalue weighted by atomic mass is 16.5. The van der Waals surface area contributed by atoms with Gasteiger partial charge in [0.25, 0.3) is 0 Å². The Hall–Kier alpha value is -0.860. The van der Waals surface area contributed by atoms with Crippen LogP contribution < -0.4 is 0 Å². The normalized spacial score (nSPS) is 29.1. The molecule has 2 rings (SSSR count). The van der Waals surface area contributed by atoms with E-state index in [2.05, 4.69) is 19.1 Å². The highest BCUT2D eigenvalue weighted by Crippen LogP contribution is 2.51. The van der Waals surface area contributed by atoms with Gasteiger partial charge in [-0.1, -0.05) is 37.3 Å². The molecule has 2 nitrogen and oxygen atoms in total. The zero-order valence-electron chi connectivity index (χ0n) is 9.15. The number of hydrogen-bond donors (Lipinski definition) is 1. The summed E-state index contributed by atoms with van der Waals surface area (Å²) in [6, 6.07) is 10.2.